The molecule has 0 bridgehead atoms. The van der Waals surface area contributed by atoms with Crippen molar-refractivity contribution in [3.8, 4) is 0 Å². The Balaban J connectivity index is 2.52. The van der Waals surface area contributed by atoms with E-state index < -0.39 is 5.97 Å². The summed E-state index contributed by atoms with van der Waals surface area (Å²) in [7, 11) is 0. The highest BCUT2D eigenvalue weighted by Gasteiger charge is 2.12. The summed E-state index contributed by atoms with van der Waals surface area (Å²) in [6, 6.07) is 0. The van der Waals surface area contributed by atoms with Crippen LogP contribution in [0.3, 0.4) is 0 Å². The van der Waals surface area contributed by atoms with Crippen LogP contribution in [-0.4, -0.2) is 49.9 Å². The first kappa shape index (κ1) is 15.9. The van der Waals surface area contributed by atoms with E-state index in [-0.39, 0.29) is 12.4 Å². The number of ether oxygens (including phenoxy) is 1. The number of aliphatic carboxylic acids is 1. The molecule has 0 aliphatic carbocycles. The lowest BCUT2D eigenvalue weighted by Crippen LogP contribution is -2.09. The molecule has 1 aromatic rings. The molecular weight excluding hydrogens is 270 g/mol. The fraction of sp³-hybridized carbons (Fsp3) is 0.727. The summed E-state index contributed by atoms with van der Waals surface area (Å²) >= 11 is 1.10. The summed E-state index contributed by atoms with van der Waals surface area (Å²) in [5.74, 6) is -0.532. The van der Waals surface area contributed by atoms with Gasteiger partial charge in [0.2, 0.25) is 0 Å². The third kappa shape index (κ3) is 5.58. The van der Waals surface area contributed by atoms with Crippen LogP contribution in [0.1, 0.15) is 25.6 Å². The smallest absolute Gasteiger partial charge is 0.313 e. The van der Waals surface area contributed by atoms with E-state index in [1.807, 2.05) is 6.92 Å². The first-order valence-corrected chi connectivity index (χ1v) is 7.12. The van der Waals surface area contributed by atoms with Gasteiger partial charge in [0, 0.05) is 19.8 Å². The van der Waals surface area contributed by atoms with Crippen LogP contribution in [0, 0.1) is 0 Å². The molecule has 8 heteroatoms. The highest BCUT2D eigenvalue weighted by molar-refractivity contribution is 7.99. The number of hydrogen-bond acceptors (Lipinski definition) is 6. The van der Waals surface area contributed by atoms with Crippen LogP contribution >= 0.6 is 11.8 Å². The van der Waals surface area contributed by atoms with Gasteiger partial charge in [-0.05, 0) is 12.8 Å². The van der Waals surface area contributed by atoms with Crippen molar-refractivity contribution < 1.29 is 19.7 Å². The SMILES string of the molecule is CCCOCCCn1c(CO)nnc1SCC(=O)O. The summed E-state index contributed by atoms with van der Waals surface area (Å²) in [4.78, 5) is 10.5. The molecule has 0 aromatic carbocycles. The van der Waals surface area contributed by atoms with Gasteiger partial charge in [-0.15, -0.1) is 10.2 Å². The lowest BCUT2D eigenvalue weighted by atomic mass is 10.4. The lowest BCUT2D eigenvalue weighted by Gasteiger charge is -2.08. The van der Waals surface area contributed by atoms with Crippen molar-refractivity contribution in [3.05, 3.63) is 5.82 Å². The van der Waals surface area contributed by atoms with Crippen molar-refractivity contribution in [3.63, 3.8) is 0 Å². The fourth-order valence-corrected chi connectivity index (χ4v) is 2.17. The maximum atomic E-state index is 10.5. The summed E-state index contributed by atoms with van der Waals surface area (Å²) in [5, 5.41) is 26.1. The van der Waals surface area contributed by atoms with Crippen molar-refractivity contribution >= 4 is 17.7 Å². The molecule has 0 aliphatic heterocycles. The summed E-state index contributed by atoms with van der Waals surface area (Å²) < 4.78 is 7.11. The van der Waals surface area contributed by atoms with E-state index in [0.29, 0.717) is 24.1 Å². The standard InChI is InChI=1S/C11H19N3O4S/c1-2-5-18-6-3-4-14-9(7-15)12-13-11(14)19-8-10(16)17/h15H,2-8H2,1H3,(H,16,17). The van der Waals surface area contributed by atoms with Gasteiger partial charge in [0.05, 0.1) is 5.75 Å². The van der Waals surface area contributed by atoms with Crippen LogP contribution < -0.4 is 0 Å². The molecule has 19 heavy (non-hydrogen) atoms. The summed E-state index contributed by atoms with van der Waals surface area (Å²) in [5.41, 5.74) is 0. The Bertz CT molecular complexity index is 397. The lowest BCUT2D eigenvalue weighted by molar-refractivity contribution is -0.133. The summed E-state index contributed by atoms with van der Waals surface area (Å²) in [6.07, 6.45) is 1.75. The van der Waals surface area contributed by atoms with Gasteiger partial charge in [-0.2, -0.15) is 0 Å². The van der Waals surface area contributed by atoms with E-state index >= 15 is 0 Å². The molecule has 1 heterocycles. The minimum absolute atomic E-state index is 0.0735. The van der Waals surface area contributed by atoms with E-state index in [4.69, 9.17) is 14.9 Å². The first-order valence-electron chi connectivity index (χ1n) is 6.14. The number of rotatable bonds is 10. The third-order valence-electron chi connectivity index (χ3n) is 2.28. The Hall–Kier alpha value is -1.12. The quantitative estimate of drug-likeness (QED) is 0.485. The molecule has 2 N–H and O–H groups in total. The second-order valence-electron chi connectivity index (χ2n) is 3.86. The second-order valence-corrected chi connectivity index (χ2v) is 4.80. The molecule has 0 amide bonds. The second kappa shape index (κ2) is 8.89. The van der Waals surface area contributed by atoms with Crippen molar-refractivity contribution in [1.29, 1.82) is 0 Å². The summed E-state index contributed by atoms with van der Waals surface area (Å²) in [6.45, 7) is 3.80. The van der Waals surface area contributed by atoms with E-state index in [9.17, 15) is 4.79 Å². The van der Waals surface area contributed by atoms with Crippen molar-refractivity contribution in [1.82, 2.24) is 14.8 Å². The zero-order chi connectivity index (χ0) is 14.1. The molecule has 108 valence electrons. The molecule has 1 rings (SSSR count). The normalized spacial score (nSPS) is 10.8. The minimum Gasteiger partial charge on any atom is -0.481 e. The van der Waals surface area contributed by atoms with Gasteiger partial charge in [0.15, 0.2) is 11.0 Å². The molecule has 0 fully saturated rings. The largest absolute Gasteiger partial charge is 0.481 e. The maximum Gasteiger partial charge on any atom is 0.313 e. The van der Waals surface area contributed by atoms with Gasteiger partial charge in [0.25, 0.3) is 0 Å². The monoisotopic (exact) mass is 289 g/mol. The maximum absolute atomic E-state index is 10.5. The van der Waals surface area contributed by atoms with Gasteiger partial charge in [0.1, 0.15) is 6.61 Å². The topological polar surface area (TPSA) is 97.5 Å². The van der Waals surface area contributed by atoms with Crippen molar-refractivity contribution in [2.24, 2.45) is 0 Å². The van der Waals surface area contributed by atoms with Crippen molar-refractivity contribution in [2.75, 3.05) is 19.0 Å². The molecule has 0 spiro atoms. The van der Waals surface area contributed by atoms with Crippen LogP contribution in [0.15, 0.2) is 5.16 Å². The molecule has 0 atom stereocenters. The number of carbonyl (C=O) groups is 1. The van der Waals surface area contributed by atoms with E-state index in [1.165, 1.54) is 0 Å². The fourth-order valence-electron chi connectivity index (χ4n) is 1.46. The molecule has 7 nitrogen and oxygen atoms in total. The van der Waals surface area contributed by atoms with Gasteiger partial charge in [-0.1, -0.05) is 18.7 Å². The Morgan fingerprint density at radius 3 is 2.84 bits per heavy atom. The number of thioether (sulfide) groups is 1. The highest BCUT2D eigenvalue weighted by Crippen LogP contribution is 2.17. The van der Waals surface area contributed by atoms with Gasteiger partial charge in [-0.3, -0.25) is 4.79 Å². The van der Waals surface area contributed by atoms with Crippen LogP contribution in [0.2, 0.25) is 0 Å². The molecule has 0 aliphatic rings. The highest BCUT2D eigenvalue weighted by atomic mass is 32.2. The third-order valence-corrected chi connectivity index (χ3v) is 3.23. The van der Waals surface area contributed by atoms with Crippen LogP contribution in [0.5, 0.6) is 0 Å². The van der Waals surface area contributed by atoms with E-state index in [2.05, 4.69) is 10.2 Å². The van der Waals surface area contributed by atoms with Gasteiger partial charge in [-0.25, -0.2) is 0 Å². The molecule has 0 unspecified atom stereocenters. The number of aliphatic hydroxyl groups excluding tert-OH is 1. The number of nitrogens with zero attached hydrogens (tertiary/aromatic N) is 3. The molecular formula is C11H19N3O4S. The van der Waals surface area contributed by atoms with E-state index in [0.717, 1.165) is 31.2 Å². The van der Waals surface area contributed by atoms with Gasteiger partial charge < -0.3 is 19.5 Å². The number of carboxylic acids is 1. The molecule has 0 saturated carbocycles. The van der Waals surface area contributed by atoms with Crippen LogP contribution in [-0.2, 0) is 22.7 Å². The number of hydrogen-bond donors (Lipinski definition) is 2. The number of aliphatic hydroxyl groups is 1. The Kier molecular flexibility index (Phi) is 7.46. The van der Waals surface area contributed by atoms with Crippen LogP contribution in [0.4, 0.5) is 0 Å². The van der Waals surface area contributed by atoms with Gasteiger partial charge >= 0.3 is 5.97 Å². The number of aromatic nitrogens is 3. The molecule has 1 aromatic heterocycles. The number of carboxylic acid groups (broad SMARTS) is 1. The Morgan fingerprint density at radius 2 is 2.21 bits per heavy atom. The molecule has 0 saturated heterocycles. The molecule has 0 radical (unpaired) electrons. The van der Waals surface area contributed by atoms with E-state index in [1.54, 1.807) is 4.57 Å². The predicted molar refractivity (Wildman–Crippen MR) is 70.0 cm³/mol. The Morgan fingerprint density at radius 1 is 1.42 bits per heavy atom. The zero-order valence-corrected chi connectivity index (χ0v) is 11.7. The predicted octanol–water partition coefficient (Wildman–Crippen LogP) is 0.764. The average molecular weight is 289 g/mol. The average Bonchev–Trinajstić information content (AvgIpc) is 2.78. The first-order chi connectivity index (χ1) is 9.19. The minimum atomic E-state index is -0.906. The zero-order valence-electron chi connectivity index (χ0n) is 10.9. The van der Waals surface area contributed by atoms with Crippen LogP contribution in [0.25, 0.3) is 0 Å². The van der Waals surface area contributed by atoms with Crippen molar-refractivity contribution in [2.45, 2.75) is 38.1 Å². The Labute approximate surface area is 116 Å².